The first-order valence-electron chi connectivity index (χ1n) is 3.65. The van der Waals surface area contributed by atoms with Gasteiger partial charge in [-0.1, -0.05) is 0 Å². The molecule has 0 bridgehead atoms. The van der Waals surface area contributed by atoms with E-state index in [1.807, 2.05) is 0 Å². The van der Waals surface area contributed by atoms with E-state index >= 15 is 0 Å². The van der Waals surface area contributed by atoms with Crippen LogP contribution in [-0.2, 0) is 0 Å². The Balaban J connectivity index is 4.18. The number of nitrogens with one attached hydrogen (secondary N) is 1. The summed E-state index contributed by atoms with van der Waals surface area (Å²) >= 11 is 0. The van der Waals surface area contributed by atoms with Crippen molar-refractivity contribution in [1.29, 1.82) is 5.41 Å². The second kappa shape index (κ2) is 4.51. The monoisotopic (exact) mass is 177 g/mol. The predicted molar refractivity (Wildman–Crippen MR) is 43.1 cm³/mol. The van der Waals surface area contributed by atoms with Gasteiger partial charge in [-0.25, -0.2) is 0 Å². The van der Waals surface area contributed by atoms with Gasteiger partial charge in [0.15, 0.2) is 0 Å². The van der Waals surface area contributed by atoms with Crippen LogP contribution < -0.4 is 0 Å². The molecule has 5 N–H and O–H groups in total. The Morgan fingerprint density at radius 2 is 1.50 bits per heavy atom. The third-order valence-electron chi connectivity index (χ3n) is 1.61. The van der Waals surface area contributed by atoms with E-state index in [9.17, 15) is 0 Å². The molecule has 0 amide bonds. The number of hydrogen-bond donors (Lipinski definition) is 5. The summed E-state index contributed by atoms with van der Waals surface area (Å²) in [4.78, 5) is 0. The first-order valence-corrected chi connectivity index (χ1v) is 3.65. The second-order valence-electron chi connectivity index (χ2n) is 2.85. The van der Waals surface area contributed by atoms with Crippen molar-refractivity contribution in [2.24, 2.45) is 0 Å². The smallest absolute Gasteiger partial charge is 0.119 e. The minimum Gasteiger partial charge on any atom is -0.391 e. The van der Waals surface area contributed by atoms with Crippen molar-refractivity contribution in [1.82, 2.24) is 0 Å². The van der Waals surface area contributed by atoms with E-state index in [2.05, 4.69) is 0 Å². The Morgan fingerprint density at radius 3 is 1.75 bits per heavy atom. The second-order valence-corrected chi connectivity index (χ2v) is 2.85. The predicted octanol–water partition coefficient (Wildman–Crippen LogP) is -1.51. The summed E-state index contributed by atoms with van der Waals surface area (Å²) in [6, 6.07) is 0. The van der Waals surface area contributed by atoms with Crippen molar-refractivity contribution in [3.05, 3.63) is 0 Å². The summed E-state index contributed by atoms with van der Waals surface area (Å²) in [5.41, 5.74) is -0.151. The molecule has 5 heteroatoms. The Labute approximate surface area is 70.8 Å². The van der Waals surface area contributed by atoms with Gasteiger partial charge >= 0.3 is 0 Å². The fourth-order valence-corrected chi connectivity index (χ4v) is 0.728. The maximum absolute atomic E-state index is 9.13. The summed E-state index contributed by atoms with van der Waals surface area (Å²) < 4.78 is 0. The molecule has 5 nitrogen and oxygen atoms in total. The molecular formula is C7H15NO4. The van der Waals surface area contributed by atoms with Crippen LogP contribution in [0.2, 0.25) is 0 Å². The Bertz CT molecular complexity index is 159. The van der Waals surface area contributed by atoms with Crippen LogP contribution in [0.4, 0.5) is 0 Å². The van der Waals surface area contributed by atoms with Crippen LogP contribution in [0.5, 0.6) is 0 Å². The fourth-order valence-electron chi connectivity index (χ4n) is 0.728. The molecule has 4 atom stereocenters. The van der Waals surface area contributed by atoms with Gasteiger partial charge in [-0.15, -0.1) is 0 Å². The van der Waals surface area contributed by atoms with E-state index in [-0.39, 0.29) is 5.71 Å². The highest BCUT2D eigenvalue weighted by Gasteiger charge is 2.28. The zero-order chi connectivity index (χ0) is 9.89. The van der Waals surface area contributed by atoms with Gasteiger partial charge in [0, 0.05) is 5.71 Å². The fraction of sp³-hybridized carbons (Fsp3) is 0.857. The minimum absolute atomic E-state index is 0.151. The van der Waals surface area contributed by atoms with Crippen molar-refractivity contribution in [3.63, 3.8) is 0 Å². The number of rotatable bonds is 4. The normalized spacial score (nSPS) is 21.2. The summed E-state index contributed by atoms with van der Waals surface area (Å²) in [7, 11) is 0. The van der Waals surface area contributed by atoms with Crippen molar-refractivity contribution < 1.29 is 20.4 Å². The Morgan fingerprint density at radius 1 is 1.08 bits per heavy atom. The molecular weight excluding hydrogens is 162 g/mol. The lowest BCUT2D eigenvalue weighted by Gasteiger charge is -2.23. The van der Waals surface area contributed by atoms with Crippen LogP contribution in [0.25, 0.3) is 0 Å². The molecule has 0 rings (SSSR count). The largest absolute Gasteiger partial charge is 0.391 e. The standard InChI is InChI=1S/C7H15NO4/c1-3(8)5(10)7(12)6(11)4(2)9/h4-12H,1-2H3. The number of aliphatic hydroxyl groups is 4. The molecule has 12 heavy (non-hydrogen) atoms. The lowest BCUT2D eigenvalue weighted by Crippen LogP contribution is -2.45. The zero-order valence-corrected chi connectivity index (χ0v) is 7.10. The lowest BCUT2D eigenvalue weighted by atomic mass is 10.0. The van der Waals surface area contributed by atoms with Gasteiger partial charge in [0.05, 0.1) is 6.10 Å². The molecule has 0 spiro atoms. The van der Waals surface area contributed by atoms with Gasteiger partial charge in [0.2, 0.25) is 0 Å². The van der Waals surface area contributed by atoms with Gasteiger partial charge in [0.25, 0.3) is 0 Å². The number of aliphatic hydroxyl groups excluding tert-OH is 4. The molecule has 0 aliphatic rings. The van der Waals surface area contributed by atoms with Crippen LogP contribution in [0.3, 0.4) is 0 Å². The summed E-state index contributed by atoms with van der Waals surface area (Å²) in [6.45, 7) is 2.60. The van der Waals surface area contributed by atoms with Crippen molar-refractivity contribution in [2.45, 2.75) is 38.3 Å². The molecule has 0 aromatic rings. The zero-order valence-electron chi connectivity index (χ0n) is 7.10. The number of hydrogen-bond acceptors (Lipinski definition) is 5. The molecule has 0 fully saturated rings. The van der Waals surface area contributed by atoms with E-state index in [0.717, 1.165) is 0 Å². The average molecular weight is 177 g/mol. The van der Waals surface area contributed by atoms with Crippen LogP contribution in [0.1, 0.15) is 13.8 Å². The van der Waals surface area contributed by atoms with Gasteiger partial charge in [-0.2, -0.15) is 0 Å². The van der Waals surface area contributed by atoms with Crippen molar-refractivity contribution >= 4 is 5.71 Å². The van der Waals surface area contributed by atoms with E-state index in [4.69, 9.17) is 25.8 Å². The highest BCUT2D eigenvalue weighted by molar-refractivity contribution is 5.83. The lowest BCUT2D eigenvalue weighted by molar-refractivity contribution is -0.0833. The van der Waals surface area contributed by atoms with Gasteiger partial charge in [0.1, 0.15) is 18.3 Å². The first-order chi connectivity index (χ1) is 5.37. The molecule has 0 aliphatic carbocycles. The topological polar surface area (TPSA) is 105 Å². The molecule has 72 valence electrons. The average Bonchev–Trinajstić information content (AvgIpc) is 2.00. The van der Waals surface area contributed by atoms with Crippen LogP contribution in [0.15, 0.2) is 0 Å². The minimum atomic E-state index is -1.51. The summed E-state index contributed by atoms with van der Waals surface area (Å²) in [6.07, 6.45) is -5.49. The van der Waals surface area contributed by atoms with Crippen molar-refractivity contribution in [3.8, 4) is 0 Å². The van der Waals surface area contributed by atoms with E-state index in [0.29, 0.717) is 0 Å². The molecule has 0 aromatic carbocycles. The first kappa shape index (κ1) is 11.5. The SMILES string of the molecule is CC(=N)C(O)C(O)C(O)C(C)O. The summed E-state index contributed by atoms with van der Waals surface area (Å²) in [5.74, 6) is 0. The van der Waals surface area contributed by atoms with Gasteiger partial charge in [-0.05, 0) is 13.8 Å². The van der Waals surface area contributed by atoms with E-state index in [1.54, 1.807) is 0 Å². The molecule has 0 radical (unpaired) electrons. The van der Waals surface area contributed by atoms with E-state index in [1.165, 1.54) is 13.8 Å². The van der Waals surface area contributed by atoms with Crippen LogP contribution in [0, 0.1) is 5.41 Å². The highest BCUT2D eigenvalue weighted by atomic mass is 16.4. The molecule has 0 saturated heterocycles. The summed E-state index contributed by atoms with van der Waals surface area (Å²) in [5, 5.41) is 43.0. The Hall–Kier alpha value is -0.490. The van der Waals surface area contributed by atoms with Crippen LogP contribution in [-0.4, -0.2) is 50.6 Å². The maximum Gasteiger partial charge on any atom is 0.119 e. The highest BCUT2D eigenvalue weighted by Crippen LogP contribution is 2.05. The van der Waals surface area contributed by atoms with E-state index < -0.39 is 24.4 Å². The molecule has 0 saturated carbocycles. The Kier molecular flexibility index (Phi) is 4.33. The maximum atomic E-state index is 9.13. The van der Waals surface area contributed by atoms with Gasteiger partial charge in [-0.3, -0.25) is 0 Å². The van der Waals surface area contributed by atoms with Gasteiger partial charge < -0.3 is 25.8 Å². The molecule has 0 aliphatic heterocycles. The molecule has 0 heterocycles. The molecule has 0 aromatic heterocycles. The van der Waals surface area contributed by atoms with Crippen molar-refractivity contribution in [2.75, 3.05) is 0 Å². The molecule has 4 unspecified atom stereocenters. The quantitative estimate of drug-likeness (QED) is 0.337. The third kappa shape index (κ3) is 2.86. The van der Waals surface area contributed by atoms with Crippen LogP contribution >= 0.6 is 0 Å². The third-order valence-corrected chi connectivity index (χ3v) is 1.61.